The molecule has 0 radical (unpaired) electrons. The van der Waals surface area contributed by atoms with Gasteiger partial charge in [-0.3, -0.25) is 4.79 Å². The SMILES string of the molecule is CCN(C(=O)C1CCc2ccccc2N1)C1CCCC1. The van der Waals surface area contributed by atoms with E-state index in [0.717, 1.165) is 25.1 Å². The minimum Gasteiger partial charge on any atom is -0.373 e. The number of anilines is 1. The van der Waals surface area contributed by atoms with Crippen LogP contribution in [0.1, 0.15) is 44.6 Å². The van der Waals surface area contributed by atoms with Gasteiger partial charge in [0, 0.05) is 18.3 Å². The van der Waals surface area contributed by atoms with Crippen molar-refractivity contribution in [2.45, 2.75) is 57.5 Å². The van der Waals surface area contributed by atoms with Crippen LogP contribution >= 0.6 is 0 Å². The Morgan fingerprint density at radius 1 is 1.25 bits per heavy atom. The van der Waals surface area contributed by atoms with E-state index in [2.05, 4.69) is 35.3 Å². The van der Waals surface area contributed by atoms with Crippen LogP contribution in [-0.4, -0.2) is 29.4 Å². The van der Waals surface area contributed by atoms with Gasteiger partial charge in [-0.25, -0.2) is 0 Å². The standard InChI is InChI=1S/C17H24N2O/c1-2-19(14-8-4-5-9-14)17(20)16-12-11-13-7-3-6-10-15(13)18-16/h3,6-7,10,14,16,18H,2,4-5,8-9,11-12H2,1H3. The van der Waals surface area contributed by atoms with E-state index < -0.39 is 0 Å². The second-order valence-electron chi connectivity index (χ2n) is 5.96. The van der Waals surface area contributed by atoms with Crippen molar-refractivity contribution in [3.63, 3.8) is 0 Å². The number of carbonyl (C=O) groups excluding carboxylic acids is 1. The number of para-hydroxylation sites is 1. The van der Waals surface area contributed by atoms with Gasteiger partial charge in [-0.15, -0.1) is 0 Å². The van der Waals surface area contributed by atoms with Crippen molar-refractivity contribution < 1.29 is 4.79 Å². The average Bonchev–Trinajstić information content (AvgIpc) is 3.01. The van der Waals surface area contributed by atoms with Crippen molar-refractivity contribution in [1.82, 2.24) is 4.90 Å². The maximum atomic E-state index is 12.8. The topological polar surface area (TPSA) is 32.3 Å². The average molecular weight is 272 g/mol. The van der Waals surface area contributed by atoms with Crippen LogP contribution in [-0.2, 0) is 11.2 Å². The number of aryl methyl sites for hydroxylation is 1. The van der Waals surface area contributed by atoms with Crippen molar-refractivity contribution in [2.75, 3.05) is 11.9 Å². The number of nitrogens with one attached hydrogen (secondary N) is 1. The van der Waals surface area contributed by atoms with Crippen LogP contribution in [0.4, 0.5) is 5.69 Å². The molecule has 0 bridgehead atoms. The summed E-state index contributed by atoms with van der Waals surface area (Å²) in [6, 6.07) is 8.78. The van der Waals surface area contributed by atoms with E-state index >= 15 is 0 Å². The van der Waals surface area contributed by atoms with Crippen LogP contribution in [0.25, 0.3) is 0 Å². The zero-order valence-corrected chi connectivity index (χ0v) is 12.3. The van der Waals surface area contributed by atoms with E-state index in [1.165, 1.54) is 31.2 Å². The molecule has 1 amide bonds. The lowest BCUT2D eigenvalue weighted by molar-refractivity contribution is -0.134. The number of benzene rings is 1. The molecule has 108 valence electrons. The summed E-state index contributed by atoms with van der Waals surface area (Å²) < 4.78 is 0. The molecule has 1 N–H and O–H groups in total. The summed E-state index contributed by atoms with van der Waals surface area (Å²) in [5.74, 6) is 0.300. The normalized spacial score (nSPS) is 22.1. The van der Waals surface area contributed by atoms with Crippen LogP contribution in [0, 0.1) is 0 Å². The summed E-state index contributed by atoms with van der Waals surface area (Å²) in [6.45, 7) is 2.94. The maximum Gasteiger partial charge on any atom is 0.245 e. The summed E-state index contributed by atoms with van der Waals surface area (Å²) in [5.41, 5.74) is 2.47. The molecule has 1 unspecified atom stereocenters. The zero-order chi connectivity index (χ0) is 13.9. The Morgan fingerprint density at radius 2 is 2.00 bits per heavy atom. The van der Waals surface area contributed by atoms with Gasteiger partial charge >= 0.3 is 0 Å². The summed E-state index contributed by atoms with van der Waals surface area (Å²) in [5, 5.41) is 3.44. The van der Waals surface area contributed by atoms with Gasteiger partial charge in [0.25, 0.3) is 0 Å². The van der Waals surface area contributed by atoms with Gasteiger partial charge in [-0.05, 0) is 44.2 Å². The minimum atomic E-state index is -0.0366. The predicted molar refractivity (Wildman–Crippen MR) is 81.8 cm³/mol. The number of amides is 1. The van der Waals surface area contributed by atoms with Gasteiger partial charge in [-0.2, -0.15) is 0 Å². The number of rotatable bonds is 3. The Balaban J connectivity index is 1.71. The van der Waals surface area contributed by atoms with Gasteiger partial charge in [0.2, 0.25) is 5.91 Å². The number of likely N-dealkylation sites (N-methyl/N-ethyl adjacent to an activating group) is 1. The van der Waals surface area contributed by atoms with Crippen molar-refractivity contribution in [1.29, 1.82) is 0 Å². The van der Waals surface area contributed by atoms with E-state index in [4.69, 9.17) is 0 Å². The maximum absolute atomic E-state index is 12.8. The zero-order valence-electron chi connectivity index (χ0n) is 12.3. The lowest BCUT2D eigenvalue weighted by atomic mass is 9.97. The number of hydrogen-bond acceptors (Lipinski definition) is 2. The van der Waals surface area contributed by atoms with Gasteiger partial charge in [0.15, 0.2) is 0 Å². The highest BCUT2D eigenvalue weighted by molar-refractivity contribution is 5.86. The fraction of sp³-hybridized carbons (Fsp3) is 0.588. The van der Waals surface area contributed by atoms with Gasteiger partial charge < -0.3 is 10.2 Å². The Kier molecular flexibility index (Phi) is 3.95. The number of fused-ring (bicyclic) bond motifs is 1. The quantitative estimate of drug-likeness (QED) is 0.916. The molecule has 3 rings (SSSR count). The molecule has 1 aliphatic heterocycles. The molecule has 3 nitrogen and oxygen atoms in total. The Bertz CT molecular complexity index is 480. The third-order valence-electron chi connectivity index (χ3n) is 4.74. The second kappa shape index (κ2) is 5.86. The molecule has 1 aromatic carbocycles. The molecule has 1 atom stereocenters. The third kappa shape index (κ3) is 2.54. The van der Waals surface area contributed by atoms with Crippen LogP contribution in [0.3, 0.4) is 0 Å². The van der Waals surface area contributed by atoms with Crippen molar-refractivity contribution in [2.24, 2.45) is 0 Å². The number of nitrogens with zero attached hydrogens (tertiary/aromatic N) is 1. The monoisotopic (exact) mass is 272 g/mol. The van der Waals surface area contributed by atoms with Crippen LogP contribution in [0.5, 0.6) is 0 Å². The van der Waals surface area contributed by atoms with Gasteiger partial charge in [-0.1, -0.05) is 31.0 Å². The van der Waals surface area contributed by atoms with Gasteiger partial charge in [0.05, 0.1) is 0 Å². The largest absolute Gasteiger partial charge is 0.373 e. The minimum absolute atomic E-state index is 0.0366. The first-order valence-corrected chi connectivity index (χ1v) is 7.94. The lowest BCUT2D eigenvalue weighted by Crippen LogP contribution is -2.48. The Hall–Kier alpha value is -1.51. The molecular weight excluding hydrogens is 248 g/mol. The van der Waals surface area contributed by atoms with Crippen LogP contribution < -0.4 is 5.32 Å². The van der Waals surface area contributed by atoms with E-state index in [0.29, 0.717) is 11.9 Å². The lowest BCUT2D eigenvalue weighted by Gasteiger charge is -2.34. The van der Waals surface area contributed by atoms with E-state index in [-0.39, 0.29) is 6.04 Å². The smallest absolute Gasteiger partial charge is 0.245 e. The molecule has 1 heterocycles. The molecule has 0 spiro atoms. The Labute approximate surface area is 121 Å². The van der Waals surface area contributed by atoms with Gasteiger partial charge in [0.1, 0.15) is 6.04 Å². The predicted octanol–water partition coefficient (Wildman–Crippen LogP) is 3.20. The van der Waals surface area contributed by atoms with Crippen molar-refractivity contribution >= 4 is 11.6 Å². The summed E-state index contributed by atoms with van der Waals surface area (Å²) >= 11 is 0. The van der Waals surface area contributed by atoms with Crippen molar-refractivity contribution in [3.8, 4) is 0 Å². The first kappa shape index (κ1) is 13.5. The first-order valence-electron chi connectivity index (χ1n) is 7.94. The molecule has 2 aliphatic rings. The Morgan fingerprint density at radius 3 is 2.75 bits per heavy atom. The molecule has 1 aromatic rings. The molecule has 0 saturated heterocycles. The molecule has 0 aromatic heterocycles. The van der Waals surface area contributed by atoms with E-state index in [1.807, 2.05) is 6.07 Å². The highest BCUT2D eigenvalue weighted by Crippen LogP contribution is 2.28. The number of carbonyl (C=O) groups is 1. The van der Waals surface area contributed by atoms with Crippen LogP contribution in [0.15, 0.2) is 24.3 Å². The molecule has 1 fully saturated rings. The molecule has 3 heteroatoms. The highest BCUT2D eigenvalue weighted by atomic mass is 16.2. The molecule has 1 aliphatic carbocycles. The molecule has 20 heavy (non-hydrogen) atoms. The third-order valence-corrected chi connectivity index (χ3v) is 4.74. The molecule has 1 saturated carbocycles. The first-order chi connectivity index (χ1) is 9.79. The summed E-state index contributed by atoms with van der Waals surface area (Å²) in [4.78, 5) is 14.9. The summed E-state index contributed by atoms with van der Waals surface area (Å²) in [7, 11) is 0. The fourth-order valence-electron chi connectivity index (χ4n) is 3.63. The fourth-order valence-corrected chi connectivity index (χ4v) is 3.63. The highest BCUT2D eigenvalue weighted by Gasteiger charge is 2.31. The number of hydrogen-bond donors (Lipinski definition) is 1. The summed E-state index contributed by atoms with van der Waals surface area (Å²) in [6.07, 6.45) is 6.83. The van der Waals surface area contributed by atoms with Crippen molar-refractivity contribution in [3.05, 3.63) is 29.8 Å². The van der Waals surface area contributed by atoms with E-state index in [9.17, 15) is 4.79 Å². The van der Waals surface area contributed by atoms with Crippen LogP contribution in [0.2, 0.25) is 0 Å². The molecular formula is C17H24N2O. The second-order valence-corrected chi connectivity index (χ2v) is 5.96. The van der Waals surface area contributed by atoms with E-state index in [1.54, 1.807) is 0 Å².